The number of rotatable bonds is 16. The third-order valence-corrected chi connectivity index (χ3v) is 26.7. The molecule has 0 aromatic carbocycles. The average molecular weight is 1210 g/mol. The first-order chi connectivity index (χ1) is 36.0. The molecular weight excluding hydrogens is 1140 g/mol. The Bertz CT molecular complexity index is 2710. The minimum absolute atomic E-state index is 0.578. The lowest BCUT2D eigenvalue weighted by molar-refractivity contribution is -0.670. The number of aromatic nitrogens is 14. The number of hydrogen-bond donors (Lipinski definition) is 0. The Balaban J connectivity index is 0.000000301. The van der Waals surface area contributed by atoms with Crippen LogP contribution in [0.2, 0.25) is 13.1 Å². The van der Waals surface area contributed by atoms with Gasteiger partial charge < -0.3 is 12.7 Å². The number of halogens is 4. The molecule has 0 aliphatic heterocycles. The van der Waals surface area contributed by atoms with Crippen LogP contribution in [0, 0.1) is 0 Å². The van der Waals surface area contributed by atoms with E-state index in [1.807, 2.05) is 181 Å². The lowest BCUT2D eigenvalue weighted by Crippen LogP contribution is -2.45. The molecule has 25 heteroatoms. The van der Waals surface area contributed by atoms with E-state index in [0.29, 0.717) is 5.92 Å². The van der Waals surface area contributed by atoms with Crippen LogP contribution in [0.1, 0.15) is 25.3 Å². The molecule has 0 saturated carbocycles. The molecule has 398 valence electrons. The van der Waals surface area contributed by atoms with Crippen molar-refractivity contribution in [3.63, 3.8) is 0 Å². The summed E-state index contributed by atoms with van der Waals surface area (Å²) < 4.78 is 22.7. The fourth-order valence-electron chi connectivity index (χ4n) is 6.01. The van der Waals surface area contributed by atoms with Gasteiger partial charge in [-0.3, -0.25) is 21.2 Å². The SMILES string of the molecule is C=C[SiH](C)n1cc[n+](C)c1.C=C[SiH](C)n1ccnc1.C=C[SiH](Cl)[n+]1ccc(C(C)C)cc1.C=C[SiH](Cl)[n+]1ccccc1.C=C[SiH](Cl)n1cc[n+](C)c1.C=C[SiH](Cl)n1ccnc1.C=C[SiH](n1ccnc1)n1cc[n+](C)c1. The van der Waals surface area contributed by atoms with E-state index in [1.165, 1.54) is 5.56 Å². The Labute approximate surface area is 476 Å². The third-order valence-electron chi connectivity index (χ3n) is 10.6. The highest BCUT2D eigenvalue weighted by Gasteiger charge is 2.18. The van der Waals surface area contributed by atoms with Gasteiger partial charge in [-0.15, -0.1) is 55.1 Å². The number of hydrogen-bond acceptors (Lipinski definition) is 3. The van der Waals surface area contributed by atoms with Gasteiger partial charge in [0.2, 0.25) is 19.0 Å². The molecule has 7 atom stereocenters. The average Bonchev–Trinajstić information content (AvgIpc) is 4.32. The summed E-state index contributed by atoms with van der Waals surface area (Å²) in [5.41, 5.74) is 14.7. The van der Waals surface area contributed by atoms with Crippen molar-refractivity contribution in [3.8, 4) is 0 Å². The lowest BCUT2D eigenvalue weighted by atomic mass is 10.1. The van der Waals surface area contributed by atoms with Gasteiger partial charge in [0.25, 0.3) is 17.2 Å². The molecule has 0 amide bonds. The summed E-state index contributed by atoms with van der Waals surface area (Å²) in [5.74, 6) is 0.578. The molecule has 0 bridgehead atoms. The largest absolute Gasteiger partial charge is 0.473 e. The van der Waals surface area contributed by atoms with E-state index < -0.39 is 60.1 Å². The van der Waals surface area contributed by atoms with Gasteiger partial charge in [-0.2, -0.15) is 0 Å². The molecular formula is C50H77Cl4N14Si7+5. The summed E-state index contributed by atoms with van der Waals surface area (Å²) in [6.07, 6.45) is 42.8. The summed E-state index contributed by atoms with van der Waals surface area (Å²) in [4.78, 5) is 11.9. The Morgan fingerprint density at radius 3 is 1.23 bits per heavy atom. The molecule has 14 nitrogen and oxygen atoms in total. The standard InChI is InChI=1S/C10H15ClNSi.C9H13N4Si.C7H9ClNSi.C7H13N2Si.C6H10ClN2Si.C6H10N2Si.C5H7ClN2Si/c1-4-13(11)12-7-5-10(6-8-12)9(2)3;1-3-14(12-5-4-10-8-12)13-7-6-11(2)9-13;1-2-10(8)9-6-4-3-5-7-9;1-4-10(3)9-6-5-8(2)7-9;1-3-10(7)9-5-4-8(2)6-9;1-3-9(2)8-5-4-7-6-8;1-2-9(6)8-4-3-7-5-8/h4-9,13H,1H2,2-3H3;3-9,14H,1H2,2H3;2-7,10H,1H2;4-7,10H,1H2,2-3H3;3-6,10H,1H2,2H3;3-6,9H,1H2,2H3;2-5,9H,1H2/q5*+1;;. The van der Waals surface area contributed by atoms with E-state index in [1.54, 1.807) is 30.6 Å². The van der Waals surface area contributed by atoms with Gasteiger partial charge in [0, 0.05) is 49.3 Å². The van der Waals surface area contributed by atoms with Crippen molar-refractivity contribution in [1.82, 2.24) is 40.3 Å². The van der Waals surface area contributed by atoms with Crippen molar-refractivity contribution < 1.29 is 22.2 Å². The summed E-state index contributed by atoms with van der Waals surface area (Å²) >= 11 is 23.9. The monoisotopic (exact) mass is 1210 g/mol. The summed E-state index contributed by atoms with van der Waals surface area (Å²) in [6.45, 7) is 34.8. The fourth-order valence-corrected chi connectivity index (χ4v) is 14.3. The van der Waals surface area contributed by atoms with Crippen molar-refractivity contribution >= 4 is 104 Å². The van der Waals surface area contributed by atoms with Gasteiger partial charge in [0.1, 0.15) is 62.0 Å². The fraction of sp³-hybridized carbons (Fsp3) is 0.160. The number of aryl methyl sites for hydroxylation is 3. The van der Waals surface area contributed by atoms with Gasteiger partial charge in [-0.25, -0.2) is 28.7 Å². The van der Waals surface area contributed by atoms with Crippen molar-refractivity contribution in [1.29, 1.82) is 0 Å². The van der Waals surface area contributed by atoms with Gasteiger partial charge in [-0.1, -0.05) is 78.9 Å². The van der Waals surface area contributed by atoms with E-state index >= 15 is 0 Å². The molecule has 0 aliphatic carbocycles. The van der Waals surface area contributed by atoms with Crippen molar-refractivity contribution in [2.24, 2.45) is 21.1 Å². The first-order valence-electron chi connectivity index (χ1n) is 23.9. The van der Waals surface area contributed by atoms with Gasteiger partial charge in [-0.05, 0) is 53.0 Å². The summed E-state index contributed by atoms with van der Waals surface area (Å²) in [5, 5.41) is 0. The second-order valence-corrected chi connectivity index (χ2v) is 36.9. The lowest BCUT2D eigenvalue weighted by Gasteiger charge is -2.06. The topological polar surface area (TPSA) is 87.7 Å². The highest BCUT2D eigenvalue weighted by molar-refractivity contribution is 7.09. The zero-order chi connectivity index (χ0) is 55.7. The second kappa shape index (κ2) is 37.2. The predicted octanol–water partition coefficient (Wildman–Crippen LogP) is 5.30. The smallest absolute Gasteiger partial charge is 0.364 e. The van der Waals surface area contributed by atoms with E-state index in [9.17, 15) is 0 Å². The van der Waals surface area contributed by atoms with Crippen LogP contribution in [0.15, 0.2) is 253 Å². The molecule has 75 heavy (non-hydrogen) atoms. The van der Waals surface area contributed by atoms with Gasteiger partial charge in [0.15, 0.2) is 8.96 Å². The zero-order valence-electron chi connectivity index (χ0n) is 44.5. The van der Waals surface area contributed by atoms with Crippen LogP contribution in [-0.2, 0) is 21.1 Å². The van der Waals surface area contributed by atoms with Crippen molar-refractivity contribution in [2.75, 3.05) is 0 Å². The maximum Gasteiger partial charge on any atom is 0.473 e. The highest BCUT2D eigenvalue weighted by Crippen LogP contribution is 2.11. The predicted molar refractivity (Wildman–Crippen MR) is 331 cm³/mol. The molecule has 8 heterocycles. The van der Waals surface area contributed by atoms with Crippen LogP contribution in [0.4, 0.5) is 0 Å². The quantitative estimate of drug-likeness (QED) is 0.0749. The van der Waals surface area contributed by atoms with Gasteiger partial charge in [0.05, 0.1) is 40.1 Å². The summed E-state index contributed by atoms with van der Waals surface area (Å²) in [6, 6.07) is 10.1. The first kappa shape index (κ1) is 65.5. The van der Waals surface area contributed by atoms with E-state index in [4.69, 9.17) is 44.3 Å². The van der Waals surface area contributed by atoms with Gasteiger partial charge >= 0.3 is 33.9 Å². The van der Waals surface area contributed by atoms with Crippen molar-refractivity contribution in [2.45, 2.75) is 32.9 Å². The normalized spacial score (nSPS) is 12.9. The third kappa shape index (κ3) is 24.8. The molecule has 0 saturated heterocycles. The molecule has 0 spiro atoms. The molecule has 8 rings (SSSR count). The maximum atomic E-state index is 6.11. The summed E-state index contributed by atoms with van der Waals surface area (Å²) in [7, 11) is -2.68. The number of pyridine rings is 2. The molecule has 0 radical (unpaired) electrons. The second-order valence-electron chi connectivity index (χ2n) is 16.7. The first-order valence-corrected chi connectivity index (χ1v) is 42.0. The van der Waals surface area contributed by atoms with Crippen LogP contribution in [-0.4, -0.2) is 100 Å². The minimum Gasteiger partial charge on any atom is -0.364 e. The van der Waals surface area contributed by atoms with Crippen LogP contribution >= 0.6 is 44.3 Å². The molecule has 0 aliphatic rings. The molecule has 0 N–H and O–H groups in total. The van der Waals surface area contributed by atoms with Crippen LogP contribution in [0.5, 0.6) is 0 Å². The molecule has 7 unspecified atom stereocenters. The number of imidazole rings is 6. The molecule has 8 aromatic rings. The van der Waals surface area contributed by atoms with Crippen LogP contribution in [0.25, 0.3) is 0 Å². The highest BCUT2D eigenvalue weighted by atomic mass is 35.6. The van der Waals surface area contributed by atoms with E-state index in [2.05, 4.69) is 152 Å². The molecule has 0 fully saturated rings. The van der Waals surface area contributed by atoms with Crippen LogP contribution in [0.3, 0.4) is 0 Å². The van der Waals surface area contributed by atoms with Crippen molar-refractivity contribution in [3.05, 3.63) is 259 Å². The Morgan fingerprint density at radius 1 is 0.453 bits per heavy atom. The van der Waals surface area contributed by atoms with E-state index in [-0.39, 0.29) is 0 Å². The number of nitrogens with zero attached hydrogens (tertiary/aromatic N) is 14. The Morgan fingerprint density at radius 2 is 0.853 bits per heavy atom. The maximum absolute atomic E-state index is 6.11. The Kier molecular flexibility index (Phi) is 32.5. The van der Waals surface area contributed by atoms with E-state index in [0.717, 1.165) is 0 Å². The minimum atomic E-state index is -1.44. The van der Waals surface area contributed by atoms with Crippen LogP contribution < -0.4 is 22.2 Å². The molecule has 8 aromatic heterocycles. The zero-order valence-corrected chi connectivity index (χ0v) is 55.6. The Hall–Kier alpha value is -5.58.